The van der Waals surface area contributed by atoms with Crippen LogP contribution in [0.4, 0.5) is 4.79 Å². The number of carbonyl (C=O) groups excluding carboxylic acids is 1. The van der Waals surface area contributed by atoms with E-state index in [1.807, 2.05) is 12.1 Å². The molecule has 0 unspecified atom stereocenters. The van der Waals surface area contributed by atoms with E-state index in [-0.39, 0.29) is 26.4 Å². The summed E-state index contributed by atoms with van der Waals surface area (Å²) < 4.78 is 20.5. The summed E-state index contributed by atoms with van der Waals surface area (Å²) in [7, 11) is 0. The number of hydrogen-bond donors (Lipinski definition) is 0. The topological polar surface area (TPSA) is 102 Å². The Kier molecular flexibility index (Phi) is 6.65. The predicted molar refractivity (Wildman–Crippen MR) is 61.8 cm³/mol. The van der Waals surface area contributed by atoms with Crippen LogP contribution in [0.5, 0.6) is 0 Å². The second-order valence-electron chi connectivity index (χ2n) is 4.25. The molecular formula is C12H16N2O5. The third kappa shape index (κ3) is 5.56. The van der Waals surface area contributed by atoms with Crippen LogP contribution in [0.1, 0.15) is 12.8 Å². The fourth-order valence-corrected chi connectivity index (χ4v) is 1.53. The standard InChI is InChI=1S/C12H16N2O5/c13-3-1-5-16-7-12(8-17-6-2-4-14)9-18-11(15)19-10-12/h1-2,5-10H2. The van der Waals surface area contributed by atoms with Crippen LogP contribution in [0, 0.1) is 28.1 Å². The maximum atomic E-state index is 10.9. The Morgan fingerprint density at radius 2 is 1.53 bits per heavy atom. The van der Waals surface area contributed by atoms with E-state index in [1.165, 1.54) is 0 Å². The van der Waals surface area contributed by atoms with Gasteiger partial charge in [-0.1, -0.05) is 0 Å². The van der Waals surface area contributed by atoms with Crippen LogP contribution in [-0.4, -0.2) is 45.8 Å². The molecule has 0 aromatic carbocycles. The first kappa shape index (κ1) is 15.2. The SMILES string of the molecule is N#CCCOCC1(COCCC#N)COC(=O)OC1. The molecule has 0 N–H and O–H groups in total. The van der Waals surface area contributed by atoms with Gasteiger partial charge >= 0.3 is 6.16 Å². The Morgan fingerprint density at radius 3 is 1.95 bits per heavy atom. The summed E-state index contributed by atoms with van der Waals surface area (Å²) in [5.74, 6) is 0. The summed E-state index contributed by atoms with van der Waals surface area (Å²) in [4.78, 5) is 10.9. The molecule has 104 valence electrons. The molecule has 0 spiro atoms. The Labute approximate surface area is 111 Å². The average molecular weight is 268 g/mol. The minimum absolute atomic E-state index is 0.144. The van der Waals surface area contributed by atoms with Gasteiger partial charge in [-0.25, -0.2) is 4.79 Å². The summed E-state index contributed by atoms with van der Waals surface area (Å²) >= 11 is 0. The summed E-state index contributed by atoms with van der Waals surface area (Å²) in [5, 5.41) is 16.8. The molecule has 7 nitrogen and oxygen atoms in total. The van der Waals surface area contributed by atoms with E-state index in [4.69, 9.17) is 29.5 Å². The highest BCUT2D eigenvalue weighted by atomic mass is 16.7. The van der Waals surface area contributed by atoms with Crippen LogP contribution >= 0.6 is 0 Å². The zero-order chi connectivity index (χ0) is 14.0. The van der Waals surface area contributed by atoms with E-state index in [2.05, 4.69) is 0 Å². The number of rotatable bonds is 8. The van der Waals surface area contributed by atoms with Crippen LogP contribution < -0.4 is 0 Å². The van der Waals surface area contributed by atoms with E-state index in [9.17, 15) is 4.79 Å². The van der Waals surface area contributed by atoms with Gasteiger partial charge in [0.25, 0.3) is 0 Å². The van der Waals surface area contributed by atoms with Crippen molar-refractivity contribution in [2.24, 2.45) is 5.41 Å². The molecule has 1 heterocycles. The van der Waals surface area contributed by atoms with E-state index in [0.717, 1.165) is 0 Å². The lowest BCUT2D eigenvalue weighted by Crippen LogP contribution is -2.46. The number of ether oxygens (including phenoxy) is 4. The minimum Gasteiger partial charge on any atom is -0.433 e. The van der Waals surface area contributed by atoms with Gasteiger partial charge in [0.15, 0.2) is 0 Å². The lowest BCUT2D eigenvalue weighted by molar-refractivity contribution is -0.123. The predicted octanol–water partition coefficient (Wildman–Crippen LogP) is 1.00. The van der Waals surface area contributed by atoms with Gasteiger partial charge in [-0.2, -0.15) is 10.5 Å². The van der Waals surface area contributed by atoms with Crippen LogP contribution in [-0.2, 0) is 18.9 Å². The molecule has 7 heteroatoms. The second kappa shape index (κ2) is 8.30. The molecule has 1 aliphatic heterocycles. The van der Waals surface area contributed by atoms with Crippen molar-refractivity contribution in [3.8, 4) is 12.1 Å². The number of nitrogens with zero attached hydrogens (tertiary/aromatic N) is 2. The lowest BCUT2D eigenvalue weighted by atomic mass is 9.91. The first-order valence-corrected chi connectivity index (χ1v) is 5.91. The molecular weight excluding hydrogens is 252 g/mol. The molecule has 0 atom stereocenters. The van der Waals surface area contributed by atoms with Gasteiger partial charge in [-0.05, 0) is 0 Å². The molecule has 0 amide bonds. The first-order valence-electron chi connectivity index (χ1n) is 5.91. The van der Waals surface area contributed by atoms with Gasteiger partial charge in [-0.15, -0.1) is 0 Å². The molecule has 0 saturated carbocycles. The van der Waals surface area contributed by atoms with Crippen LogP contribution in [0.3, 0.4) is 0 Å². The van der Waals surface area contributed by atoms with Crippen molar-refractivity contribution >= 4 is 6.16 Å². The molecule has 1 rings (SSSR count). The fourth-order valence-electron chi connectivity index (χ4n) is 1.53. The molecule has 0 aliphatic carbocycles. The van der Waals surface area contributed by atoms with Crippen molar-refractivity contribution in [3.63, 3.8) is 0 Å². The van der Waals surface area contributed by atoms with Crippen molar-refractivity contribution in [2.45, 2.75) is 12.8 Å². The number of cyclic esters (lactones) is 2. The van der Waals surface area contributed by atoms with Gasteiger partial charge < -0.3 is 18.9 Å². The molecule has 0 aromatic rings. The van der Waals surface area contributed by atoms with Crippen LogP contribution in [0.2, 0.25) is 0 Å². The van der Waals surface area contributed by atoms with Crippen LogP contribution in [0.15, 0.2) is 0 Å². The highest BCUT2D eigenvalue weighted by molar-refractivity contribution is 5.60. The largest absolute Gasteiger partial charge is 0.508 e. The Balaban J connectivity index is 2.41. The van der Waals surface area contributed by atoms with E-state index in [1.54, 1.807) is 0 Å². The molecule has 1 fully saturated rings. The monoisotopic (exact) mass is 268 g/mol. The van der Waals surface area contributed by atoms with Crippen LogP contribution in [0.25, 0.3) is 0 Å². The second-order valence-corrected chi connectivity index (χ2v) is 4.25. The van der Waals surface area contributed by atoms with Crippen molar-refractivity contribution in [1.82, 2.24) is 0 Å². The van der Waals surface area contributed by atoms with Crippen molar-refractivity contribution in [3.05, 3.63) is 0 Å². The third-order valence-corrected chi connectivity index (χ3v) is 2.53. The normalized spacial score (nSPS) is 16.8. The highest BCUT2D eigenvalue weighted by Gasteiger charge is 2.38. The van der Waals surface area contributed by atoms with Gasteiger partial charge in [0.05, 0.1) is 56.8 Å². The third-order valence-electron chi connectivity index (χ3n) is 2.53. The Morgan fingerprint density at radius 1 is 1.05 bits per heavy atom. The highest BCUT2D eigenvalue weighted by Crippen LogP contribution is 2.24. The Bertz CT molecular complexity index is 337. The number of carbonyl (C=O) groups is 1. The number of hydrogen-bond acceptors (Lipinski definition) is 7. The first-order chi connectivity index (χ1) is 9.22. The maximum Gasteiger partial charge on any atom is 0.508 e. The molecule has 0 radical (unpaired) electrons. The Hall–Kier alpha value is -1.83. The quantitative estimate of drug-likeness (QED) is 0.478. The molecule has 1 saturated heterocycles. The molecule has 1 aliphatic rings. The number of nitriles is 2. The summed E-state index contributed by atoms with van der Waals surface area (Å²) in [6, 6.07) is 3.95. The van der Waals surface area contributed by atoms with Crippen molar-refractivity contribution in [1.29, 1.82) is 10.5 Å². The summed E-state index contributed by atoms with van der Waals surface area (Å²) in [5.41, 5.74) is -0.571. The molecule has 0 aromatic heterocycles. The van der Waals surface area contributed by atoms with Gasteiger partial charge in [0, 0.05) is 0 Å². The smallest absolute Gasteiger partial charge is 0.433 e. The zero-order valence-electron chi connectivity index (χ0n) is 10.6. The van der Waals surface area contributed by atoms with Crippen molar-refractivity contribution < 1.29 is 23.7 Å². The van der Waals surface area contributed by atoms with Crippen molar-refractivity contribution in [2.75, 3.05) is 39.6 Å². The van der Waals surface area contributed by atoms with E-state index in [0.29, 0.717) is 26.1 Å². The lowest BCUT2D eigenvalue weighted by Gasteiger charge is -2.34. The fraction of sp³-hybridized carbons (Fsp3) is 0.750. The van der Waals surface area contributed by atoms with Gasteiger partial charge in [0.2, 0.25) is 0 Å². The summed E-state index contributed by atoms with van der Waals surface area (Å²) in [6.45, 7) is 1.45. The van der Waals surface area contributed by atoms with E-state index >= 15 is 0 Å². The molecule has 19 heavy (non-hydrogen) atoms. The van der Waals surface area contributed by atoms with Gasteiger partial charge in [0.1, 0.15) is 13.2 Å². The molecule has 0 bridgehead atoms. The zero-order valence-corrected chi connectivity index (χ0v) is 10.6. The maximum absolute atomic E-state index is 10.9. The van der Waals surface area contributed by atoms with E-state index < -0.39 is 11.6 Å². The minimum atomic E-state index is -0.704. The van der Waals surface area contributed by atoms with Gasteiger partial charge in [-0.3, -0.25) is 0 Å². The summed E-state index contributed by atoms with van der Waals surface area (Å²) in [6.07, 6.45) is -0.109. The average Bonchev–Trinajstić information content (AvgIpc) is 2.43.